The van der Waals surface area contributed by atoms with Gasteiger partial charge in [0.05, 0.1) is 13.2 Å². The predicted octanol–water partition coefficient (Wildman–Crippen LogP) is 28.9. The number of carbonyl (C=O) groups excluding carboxylic acids is 2. The van der Waals surface area contributed by atoms with Crippen LogP contribution >= 0.6 is 7.82 Å². The highest BCUT2D eigenvalue weighted by Gasteiger charge is 2.26. The van der Waals surface area contributed by atoms with Gasteiger partial charge in [0.2, 0.25) is 0 Å². The monoisotopic (exact) mass is 1410 g/mol. The lowest BCUT2D eigenvalue weighted by Gasteiger charge is -2.19. The van der Waals surface area contributed by atoms with Crippen molar-refractivity contribution in [3.8, 4) is 0 Å². The summed E-state index contributed by atoms with van der Waals surface area (Å²) in [5.74, 6) is -0.821. The highest BCUT2D eigenvalue weighted by Crippen LogP contribution is 2.43. The van der Waals surface area contributed by atoms with Crippen LogP contribution in [0.25, 0.3) is 0 Å². The van der Waals surface area contributed by atoms with E-state index >= 15 is 0 Å². The van der Waals surface area contributed by atoms with Gasteiger partial charge in [-0.05, 0) is 89.9 Å². The fourth-order valence-corrected chi connectivity index (χ4v) is 13.1. The number of esters is 2. The van der Waals surface area contributed by atoms with Crippen LogP contribution in [0.3, 0.4) is 0 Å². The predicted molar refractivity (Wildman–Crippen MR) is 436 cm³/mol. The third kappa shape index (κ3) is 83.4. The van der Waals surface area contributed by atoms with Gasteiger partial charge in [-0.3, -0.25) is 18.6 Å². The summed E-state index contributed by atoms with van der Waals surface area (Å²) in [6.45, 7) is 3.68. The van der Waals surface area contributed by atoms with Crippen molar-refractivity contribution in [3.63, 3.8) is 0 Å². The van der Waals surface area contributed by atoms with Gasteiger partial charge in [0.15, 0.2) is 6.10 Å². The number of phosphoric ester groups is 1. The minimum atomic E-state index is -4.40. The normalized spacial score (nSPS) is 13.4. The van der Waals surface area contributed by atoms with Gasteiger partial charge in [0.1, 0.15) is 6.61 Å². The summed E-state index contributed by atoms with van der Waals surface area (Å²) in [5.41, 5.74) is 5.42. The molecule has 0 amide bonds. The van der Waals surface area contributed by atoms with Crippen LogP contribution in [0.1, 0.15) is 406 Å². The number of carbonyl (C=O) groups is 2. The Hall–Kier alpha value is -3.59. The van der Waals surface area contributed by atoms with E-state index in [1.165, 1.54) is 263 Å². The lowest BCUT2D eigenvalue weighted by Crippen LogP contribution is -2.29. The molecule has 0 rings (SSSR count). The summed E-state index contributed by atoms with van der Waals surface area (Å²) in [4.78, 5) is 35.5. The third-order valence-electron chi connectivity index (χ3n) is 18.6. The smallest absolute Gasteiger partial charge is 0.462 e. The number of phosphoric acid groups is 1. The molecule has 578 valence electrons. The average Bonchev–Trinajstić information content (AvgIpc) is 0.983. The number of hydrogen-bond acceptors (Lipinski definition) is 8. The Morgan fingerprint density at radius 3 is 0.820 bits per heavy atom. The van der Waals surface area contributed by atoms with Crippen LogP contribution in [-0.2, 0) is 32.7 Å². The molecule has 0 saturated heterocycles. The van der Waals surface area contributed by atoms with E-state index in [1.54, 1.807) is 0 Å². The molecule has 2 unspecified atom stereocenters. The van der Waals surface area contributed by atoms with E-state index in [-0.39, 0.29) is 38.6 Å². The van der Waals surface area contributed by atoms with E-state index in [0.29, 0.717) is 6.42 Å². The Bertz CT molecular complexity index is 2070. The number of hydrogen-bond donors (Lipinski definition) is 2. The standard InChI is InChI=1S/C90H160NO8P/c1-3-5-7-9-11-13-15-17-19-21-23-25-27-29-31-33-35-37-39-41-43-44-45-47-49-51-53-55-57-59-61-63-65-67-69-71-73-75-77-79-81-83-90(93)99-88(87-98-100(94,95)97-85-84-91)86-96-89(92)82-80-78-76-74-72-70-68-66-64-62-60-58-56-54-52-50-48-46-42-40-38-36-34-32-30-28-26-24-22-20-18-16-14-12-10-8-6-4-2/h5,7,11,13,17,19,23,25,29,31,35,37,41,43,45,47,51,53,57,59,88H,3-4,6,8-10,12,14-16,18,20-22,24,26-28,30,32-34,36,38-40,42,44,46,48-50,52,54-56,58,60-87,91H2,1-2H3,(H,94,95)/b7-5-,13-11-,19-17-,25-23-,31-29-,37-35-,43-41-,47-45-,53-51-,59-57-. The van der Waals surface area contributed by atoms with Gasteiger partial charge in [0.25, 0.3) is 0 Å². The molecule has 9 nitrogen and oxygen atoms in total. The van der Waals surface area contributed by atoms with Crippen molar-refractivity contribution in [1.29, 1.82) is 0 Å². The zero-order valence-electron chi connectivity index (χ0n) is 65.4. The Morgan fingerprint density at radius 1 is 0.310 bits per heavy atom. The van der Waals surface area contributed by atoms with Gasteiger partial charge in [-0.15, -0.1) is 0 Å². The lowest BCUT2D eigenvalue weighted by atomic mass is 10.0. The first kappa shape index (κ1) is 96.4. The maximum Gasteiger partial charge on any atom is 0.472 e. The summed E-state index contributed by atoms with van der Waals surface area (Å²) in [7, 11) is -4.40. The van der Waals surface area contributed by atoms with Crippen molar-refractivity contribution in [2.75, 3.05) is 26.4 Å². The van der Waals surface area contributed by atoms with E-state index in [9.17, 15) is 19.0 Å². The number of nitrogens with two attached hydrogens (primary N) is 1. The molecule has 0 aliphatic carbocycles. The van der Waals surface area contributed by atoms with Gasteiger partial charge >= 0.3 is 19.8 Å². The quantitative estimate of drug-likeness (QED) is 0.0264. The van der Waals surface area contributed by atoms with Crippen molar-refractivity contribution in [2.45, 2.75) is 412 Å². The maximum atomic E-state index is 12.8. The first-order valence-corrected chi connectivity index (χ1v) is 44.0. The van der Waals surface area contributed by atoms with Crippen LogP contribution in [0, 0.1) is 0 Å². The highest BCUT2D eigenvalue weighted by molar-refractivity contribution is 7.47. The van der Waals surface area contributed by atoms with E-state index < -0.39 is 26.5 Å². The zero-order chi connectivity index (χ0) is 72.2. The SMILES string of the molecule is CC/C=C\C/C=C\C/C=C\C/C=C\C/C=C\C/C=C\C/C=C\C/C=C\C/C=C\C/C=C\CCCCCCCCCCCCC(=O)OC(COC(=O)CCCCCCCCCCCCCCCCCCCCCCCCCCCCCCCCCCCCCCCC)COP(=O)(O)OCCN. The first-order valence-electron chi connectivity index (χ1n) is 42.5. The van der Waals surface area contributed by atoms with Gasteiger partial charge in [-0.2, -0.15) is 0 Å². The summed E-state index contributed by atoms with van der Waals surface area (Å²) in [6.07, 6.45) is 119. The average molecular weight is 1420 g/mol. The summed E-state index contributed by atoms with van der Waals surface area (Å²) in [6, 6.07) is 0. The number of rotatable bonds is 80. The molecule has 3 N–H and O–H groups in total. The molecule has 0 bridgehead atoms. The lowest BCUT2D eigenvalue weighted by molar-refractivity contribution is -0.161. The fourth-order valence-electron chi connectivity index (χ4n) is 12.4. The van der Waals surface area contributed by atoms with Gasteiger partial charge < -0.3 is 20.1 Å². The van der Waals surface area contributed by atoms with Crippen LogP contribution in [0.5, 0.6) is 0 Å². The molecule has 0 aromatic carbocycles. The Labute approximate surface area is 619 Å². The maximum absolute atomic E-state index is 12.8. The second kappa shape index (κ2) is 84.3. The molecule has 0 fully saturated rings. The Kier molecular flexibility index (Phi) is 81.3. The van der Waals surface area contributed by atoms with E-state index in [2.05, 4.69) is 135 Å². The second-order valence-electron chi connectivity index (χ2n) is 28.3. The molecule has 0 heterocycles. The summed E-state index contributed by atoms with van der Waals surface area (Å²) < 4.78 is 33.3. The van der Waals surface area contributed by atoms with Gasteiger partial charge in [-0.25, -0.2) is 4.57 Å². The van der Waals surface area contributed by atoms with Gasteiger partial charge in [0, 0.05) is 19.4 Å². The highest BCUT2D eigenvalue weighted by atomic mass is 31.2. The zero-order valence-corrected chi connectivity index (χ0v) is 66.3. The fraction of sp³-hybridized carbons (Fsp3) is 0.756. The van der Waals surface area contributed by atoms with E-state index in [0.717, 1.165) is 109 Å². The van der Waals surface area contributed by atoms with Crippen molar-refractivity contribution in [1.82, 2.24) is 0 Å². The van der Waals surface area contributed by atoms with E-state index in [4.69, 9.17) is 24.3 Å². The van der Waals surface area contributed by atoms with Crippen LogP contribution in [-0.4, -0.2) is 49.3 Å². The van der Waals surface area contributed by atoms with Crippen molar-refractivity contribution < 1.29 is 37.6 Å². The second-order valence-corrected chi connectivity index (χ2v) is 29.8. The van der Waals surface area contributed by atoms with Crippen molar-refractivity contribution in [2.24, 2.45) is 5.73 Å². The topological polar surface area (TPSA) is 134 Å². The number of ether oxygens (including phenoxy) is 2. The largest absolute Gasteiger partial charge is 0.472 e. The molecular weight excluding hydrogens is 1250 g/mol. The molecule has 0 saturated carbocycles. The Morgan fingerprint density at radius 2 is 0.550 bits per heavy atom. The molecule has 100 heavy (non-hydrogen) atoms. The molecule has 0 aliphatic heterocycles. The third-order valence-corrected chi connectivity index (χ3v) is 19.6. The molecule has 10 heteroatoms. The number of allylic oxidation sites excluding steroid dienone is 20. The van der Waals surface area contributed by atoms with Gasteiger partial charge in [-0.1, -0.05) is 424 Å². The van der Waals surface area contributed by atoms with Crippen LogP contribution in [0.2, 0.25) is 0 Å². The van der Waals surface area contributed by atoms with E-state index in [1.807, 2.05) is 0 Å². The van der Waals surface area contributed by atoms with Crippen LogP contribution in [0.4, 0.5) is 0 Å². The molecule has 0 aromatic rings. The first-order chi connectivity index (χ1) is 49.3. The molecular formula is C90H160NO8P. The van der Waals surface area contributed by atoms with Crippen molar-refractivity contribution in [3.05, 3.63) is 122 Å². The summed E-state index contributed by atoms with van der Waals surface area (Å²) >= 11 is 0. The van der Waals surface area contributed by atoms with Crippen LogP contribution < -0.4 is 5.73 Å². The minimum absolute atomic E-state index is 0.0498. The Balaban J connectivity index is 3.82. The molecule has 0 aliphatic rings. The minimum Gasteiger partial charge on any atom is -0.462 e. The van der Waals surface area contributed by atoms with Crippen LogP contribution in [0.15, 0.2) is 122 Å². The molecule has 0 spiro atoms. The number of unbranched alkanes of at least 4 members (excludes halogenated alkanes) is 47. The molecule has 0 aromatic heterocycles. The van der Waals surface area contributed by atoms with Crippen molar-refractivity contribution >= 4 is 19.8 Å². The molecule has 2 atom stereocenters. The molecule has 0 radical (unpaired) electrons. The summed E-state index contributed by atoms with van der Waals surface area (Å²) in [5, 5.41) is 0.